The van der Waals surface area contributed by atoms with Gasteiger partial charge in [-0.15, -0.1) is 0 Å². The Labute approximate surface area is 186 Å². The molecule has 0 bridgehead atoms. The lowest BCUT2D eigenvalue weighted by molar-refractivity contribution is 0.0519. The Morgan fingerprint density at radius 3 is 1.91 bits per heavy atom. The van der Waals surface area contributed by atoms with Crippen LogP contribution in [0.15, 0.2) is 78.9 Å². The van der Waals surface area contributed by atoms with Crippen LogP contribution in [0.5, 0.6) is 0 Å². The van der Waals surface area contributed by atoms with Gasteiger partial charge >= 0.3 is 11.9 Å². The Balaban J connectivity index is 1.77. The first kappa shape index (κ1) is 21.2. The lowest BCUT2D eigenvalue weighted by Crippen LogP contribution is -2.12. The van der Waals surface area contributed by atoms with Gasteiger partial charge in [0.05, 0.1) is 24.3 Å². The average Bonchev–Trinajstić information content (AvgIpc) is 2.84. The van der Waals surface area contributed by atoms with E-state index in [-0.39, 0.29) is 18.9 Å². The van der Waals surface area contributed by atoms with Gasteiger partial charge in [0.2, 0.25) is 0 Å². The molecule has 1 heterocycles. The molecule has 5 heteroatoms. The second-order valence-corrected chi connectivity index (χ2v) is 7.17. The van der Waals surface area contributed by atoms with Crippen LogP contribution in [-0.2, 0) is 9.47 Å². The van der Waals surface area contributed by atoms with Crippen molar-refractivity contribution in [3.05, 3.63) is 90.1 Å². The number of carbonyl (C=O) groups excluding carboxylic acids is 2. The van der Waals surface area contributed by atoms with Crippen LogP contribution in [0, 0.1) is 0 Å². The number of ether oxygens (including phenoxy) is 2. The Morgan fingerprint density at radius 2 is 1.25 bits per heavy atom. The SMILES string of the molecule is CCOC(=O)c1cc(C(=O)OCC)c2cc(-c3ccc(-c4ccccc4)cc3)ccc2n1. The Morgan fingerprint density at radius 1 is 0.688 bits per heavy atom. The third-order valence-electron chi connectivity index (χ3n) is 5.11. The van der Waals surface area contributed by atoms with Crippen LogP contribution < -0.4 is 0 Å². The number of fused-ring (bicyclic) bond motifs is 1. The number of esters is 2. The Bertz CT molecular complexity index is 1260. The lowest BCUT2D eigenvalue weighted by atomic mass is 9.98. The number of aromatic nitrogens is 1. The number of benzene rings is 3. The van der Waals surface area contributed by atoms with Crippen LogP contribution in [0.3, 0.4) is 0 Å². The highest BCUT2D eigenvalue weighted by Crippen LogP contribution is 2.29. The first-order valence-electron chi connectivity index (χ1n) is 10.6. The molecule has 160 valence electrons. The highest BCUT2D eigenvalue weighted by Gasteiger charge is 2.19. The number of nitrogens with zero attached hydrogens (tertiary/aromatic N) is 1. The maximum absolute atomic E-state index is 12.6. The molecule has 4 aromatic rings. The van der Waals surface area contributed by atoms with E-state index in [1.54, 1.807) is 19.9 Å². The van der Waals surface area contributed by atoms with E-state index >= 15 is 0 Å². The molecule has 4 rings (SSSR count). The van der Waals surface area contributed by atoms with Crippen molar-refractivity contribution in [3.63, 3.8) is 0 Å². The van der Waals surface area contributed by atoms with E-state index in [0.29, 0.717) is 16.5 Å². The van der Waals surface area contributed by atoms with Gasteiger partial charge in [-0.2, -0.15) is 0 Å². The van der Waals surface area contributed by atoms with Gasteiger partial charge in [0.15, 0.2) is 0 Å². The molecule has 0 fully saturated rings. The van der Waals surface area contributed by atoms with Gasteiger partial charge in [0.25, 0.3) is 0 Å². The van der Waals surface area contributed by atoms with Gasteiger partial charge in [0, 0.05) is 5.39 Å². The molecule has 0 saturated heterocycles. The molecule has 0 saturated carbocycles. The summed E-state index contributed by atoms with van der Waals surface area (Å²) in [5, 5.41) is 0.626. The van der Waals surface area contributed by atoms with Crippen LogP contribution in [0.2, 0.25) is 0 Å². The highest BCUT2D eigenvalue weighted by atomic mass is 16.5. The quantitative estimate of drug-likeness (QED) is 0.359. The predicted molar refractivity (Wildman–Crippen MR) is 125 cm³/mol. The smallest absolute Gasteiger partial charge is 0.356 e. The van der Waals surface area contributed by atoms with Crippen LogP contribution in [0.25, 0.3) is 33.2 Å². The Hall–Kier alpha value is -3.99. The molecule has 0 aliphatic carbocycles. The molecular weight excluding hydrogens is 402 g/mol. The second kappa shape index (κ2) is 9.43. The van der Waals surface area contributed by atoms with Crippen molar-refractivity contribution < 1.29 is 19.1 Å². The topological polar surface area (TPSA) is 65.5 Å². The summed E-state index contributed by atoms with van der Waals surface area (Å²) in [6.45, 7) is 3.93. The summed E-state index contributed by atoms with van der Waals surface area (Å²) in [4.78, 5) is 29.3. The number of pyridine rings is 1. The molecule has 0 unspecified atom stereocenters. The van der Waals surface area contributed by atoms with Crippen molar-refractivity contribution in [2.45, 2.75) is 13.8 Å². The molecule has 32 heavy (non-hydrogen) atoms. The van der Waals surface area contributed by atoms with Gasteiger partial charge < -0.3 is 9.47 Å². The predicted octanol–water partition coefficient (Wildman–Crippen LogP) is 5.92. The van der Waals surface area contributed by atoms with E-state index in [1.807, 2.05) is 42.5 Å². The zero-order valence-electron chi connectivity index (χ0n) is 18.0. The molecule has 0 spiro atoms. The van der Waals surface area contributed by atoms with E-state index in [2.05, 4.69) is 29.2 Å². The average molecular weight is 425 g/mol. The maximum Gasteiger partial charge on any atom is 0.356 e. The molecule has 0 amide bonds. The van der Waals surface area contributed by atoms with E-state index < -0.39 is 11.9 Å². The fourth-order valence-electron chi connectivity index (χ4n) is 3.58. The highest BCUT2D eigenvalue weighted by molar-refractivity contribution is 6.06. The fourth-order valence-corrected chi connectivity index (χ4v) is 3.58. The zero-order chi connectivity index (χ0) is 22.5. The van der Waals surface area contributed by atoms with Crippen LogP contribution >= 0.6 is 0 Å². The molecular formula is C27H23NO4. The summed E-state index contributed by atoms with van der Waals surface area (Å²) in [5.74, 6) is -1.07. The van der Waals surface area contributed by atoms with E-state index in [4.69, 9.17) is 9.47 Å². The zero-order valence-corrected chi connectivity index (χ0v) is 18.0. The van der Waals surface area contributed by atoms with Crippen LogP contribution in [-0.4, -0.2) is 30.1 Å². The Kier molecular flexibility index (Phi) is 6.26. The normalized spacial score (nSPS) is 10.7. The monoisotopic (exact) mass is 425 g/mol. The van der Waals surface area contributed by atoms with Crippen molar-refractivity contribution in [1.82, 2.24) is 4.98 Å². The lowest BCUT2D eigenvalue weighted by Gasteiger charge is -2.11. The van der Waals surface area contributed by atoms with E-state index in [0.717, 1.165) is 22.3 Å². The molecule has 5 nitrogen and oxygen atoms in total. The van der Waals surface area contributed by atoms with E-state index in [9.17, 15) is 9.59 Å². The molecule has 0 atom stereocenters. The summed E-state index contributed by atoms with van der Waals surface area (Å²) in [7, 11) is 0. The van der Waals surface area contributed by atoms with Crippen molar-refractivity contribution >= 4 is 22.8 Å². The largest absolute Gasteiger partial charge is 0.462 e. The van der Waals surface area contributed by atoms with Crippen molar-refractivity contribution in [3.8, 4) is 22.3 Å². The summed E-state index contributed by atoms with van der Waals surface area (Å²) >= 11 is 0. The van der Waals surface area contributed by atoms with Gasteiger partial charge in [-0.3, -0.25) is 0 Å². The summed E-state index contributed by atoms with van der Waals surface area (Å²) in [6.07, 6.45) is 0. The minimum absolute atomic E-state index is 0.0855. The van der Waals surface area contributed by atoms with Gasteiger partial charge in [-0.25, -0.2) is 14.6 Å². The summed E-state index contributed by atoms with van der Waals surface area (Å²) < 4.78 is 10.3. The number of rotatable bonds is 6. The second-order valence-electron chi connectivity index (χ2n) is 7.17. The summed E-state index contributed by atoms with van der Waals surface area (Å²) in [5.41, 5.74) is 5.14. The fraction of sp³-hybridized carbons (Fsp3) is 0.148. The van der Waals surface area contributed by atoms with Gasteiger partial charge in [-0.1, -0.05) is 60.7 Å². The number of hydrogen-bond acceptors (Lipinski definition) is 5. The standard InChI is InChI=1S/C27H23NO4/c1-3-31-26(29)23-17-25(27(30)32-4-2)28-24-15-14-21(16-22(23)24)20-12-10-19(11-13-20)18-8-6-5-7-9-18/h5-17H,3-4H2,1-2H3. The first-order valence-corrected chi connectivity index (χ1v) is 10.6. The third-order valence-corrected chi connectivity index (χ3v) is 5.11. The minimum Gasteiger partial charge on any atom is -0.462 e. The molecule has 1 aromatic heterocycles. The van der Waals surface area contributed by atoms with Crippen LogP contribution in [0.4, 0.5) is 0 Å². The maximum atomic E-state index is 12.6. The summed E-state index contributed by atoms with van der Waals surface area (Å²) in [6, 6.07) is 25.5. The number of hydrogen-bond donors (Lipinski definition) is 0. The van der Waals surface area contributed by atoms with Crippen molar-refractivity contribution in [2.75, 3.05) is 13.2 Å². The van der Waals surface area contributed by atoms with Gasteiger partial charge in [0.1, 0.15) is 5.69 Å². The minimum atomic E-state index is -0.569. The van der Waals surface area contributed by atoms with E-state index in [1.165, 1.54) is 6.07 Å². The molecule has 3 aromatic carbocycles. The third kappa shape index (κ3) is 4.37. The molecule has 0 aliphatic heterocycles. The van der Waals surface area contributed by atoms with Gasteiger partial charge in [-0.05, 0) is 54.3 Å². The molecule has 0 aliphatic rings. The van der Waals surface area contributed by atoms with Crippen LogP contribution in [0.1, 0.15) is 34.7 Å². The van der Waals surface area contributed by atoms with Crippen molar-refractivity contribution in [1.29, 1.82) is 0 Å². The number of carbonyl (C=O) groups is 2. The molecule has 0 radical (unpaired) electrons. The molecule has 0 N–H and O–H groups in total. The van der Waals surface area contributed by atoms with Crippen molar-refractivity contribution in [2.24, 2.45) is 0 Å². The first-order chi connectivity index (χ1) is 15.6.